The monoisotopic (exact) mass is 1320 g/mol. The summed E-state index contributed by atoms with van der Waals surface area (Å²) in [6.45, 7) is 25.0. The maximum absolute atomic E-state index is 13.2. The van der Waals surface area contributed by atoms with Crippen molar-refractivity contribution in [2.45, 2.75) is 254 Å². The van der Waals surface area contributed by atoms with Crippen molar-refractivity contribution in [1.82, 2.24) is 10.6 Å². The van der Waals surface area contributed by atoms with Crippen LogP contribution in [0.15, 0.2) is 132 Å². The van der Waals surface area contributed by atoms with Gasteiger partial charge in [0.15, 0.2) is 0 Å². The number of ether oxygens (including phenoxy) is 4. The number of nitrogens with one attached hydrogen (secondary N) is 2. The molecule has 4 unspecified atom stereocenters. The molecule has 2 aromatic rings. The third kappa shape index (κ3) is 22.2. The predicted molar refractivity (Wildman–Crippen MR) is 383 cm³/mol. The predicted octanol–water partition coefficient (Wildman–Crippen LogP) is 18.7. The van der Waals surface area contributed by atoms with Crippen LogP contribution in [0.2, 0.25) is 0 Å². The molecule has 2 heterocycles. The number of esters is 2. The third-order valence-corrected chi connectivity index (χ3v) is 22.3. The molecule has 14 nitrogen and oxygen atoms in total. The van der Waals surface area contributed by atoms with Gasteiger partial charge in [-0.2, -0.15) is 0 Å². The lowest BCUT2D eigenvalue weighted by molar-refractivity contribution is -0.0580. The summed E-state index contributed by atoms with van der Waals surface area (Å²) in [5.41, 5.74) is 7.72. The van der Waals surface area contributed by atoms with Crippen LogP contribution in [0.3, 0.4) is 0 Å². The van der Waals surface area contributed by atoms with Crippen molar-refractivity contribution in [2.75, 3.05) is 6.61 Å². The van der Waals surface area contributed by atoms with Crippen molar-refractivity contribution in [3.05, 3.63) is 154 Å². The molecule has 3 fully saturated rings. The summed E-state index contributed by atoms with van der Waals surface area (Å²) in [5.74, 6) is 3.25. The minimum atomic E-state index is -0.682. The number of carbonyl (C=O) groups is 4. The Hall–Kier alpha value is -6.64. The molecular formula is C82H118N2O12. The molecule has 528 valence electrons. The van der Waals surface area contributed by atoms with Crippen LogP contribution in [0.5, 0.6) is 11.5 Å². The largest absolute Gasteiger partial charge is 0.507 e. The molecule has 8 rings (SSSR count). The zero-order valence-electron chi connectivity index (χ0n) is 59.9. The number of phenolic OH excluding ortho intramolecular Hbond substituents is 2. The molecule has 3 saturated carbocycles. The van der Waals surface area contributed by atoms with Gasteiger partial charge in [-0.05, 0) is 212 Å². The zero-order valence-corrected chi connectivity index (χ0v) is 59.9. The van der Waals surface area contributed by atoms with E-state index in [4.69, 9.17) is 18.9 Å². The molecule has 2 aromatic carbocycles. The Morgan fingerprint density at radius 1 is 0.677 bits per heavy atom. The Labute approximate surface area is 575 Å². The molecule has 6 aliphatic rings. The van der Waals surface area contributed by atoms with Crippen molar-refractivity contribution in [2.24, 2.45) is 58.2 Å². The Kier molecular flexibility index (Phi) is 29.9. The first-order valence-corrected chi connectivity index (χ1v) is 36.4. The number of benzene rings is 2. The lowest BCUT2D eigenvalue weighted by Gasteiger charge is -2.58. The van der Waals surface area contributed by atoms with Gasteiger partial charge in [0, 0.05) is 44.5 Å². The van der Waals surface area contributed by atoms with Gasteiger partial charge in [0.2, 0.25) is 0 Å². The summed E-state index contributed by atoms with van der Waals surface area (Å²) in [7, 11) is 0. The summed E-state index contributed by atoms with van der Waals surface area (Å²) < 4.78 is 22.8. The fraction of sp³-hybridized carbons (Fsp3) is 0.610. The molecule has 0 saturated heterocycles. The van der Waals surface area contributed by atoms with Gasteiger partial charge in [0.05, 0.1) is 12.2 Å². The molecule has 14 atom stereocenters. The highest BCUT2D eigenvalue weighted by Gasteiger charge is 2.59. The van der Waals surface area contributed by atoms with E-state index in [1.54, 1.807) is 36.6 Å². The van der Waals surface area contributed by atoms with E-state index in [9.17, 15) is 39.6 Å². The van der Waals surface area contributed by atoms with Gasteiger partial charge < -0.3 is 39.4 Å². The first-order chi connectivity index (χ1) is 45.9. The standard InChI is InChI=1S/C47H69NO6.C35H49NO6/c1-30(2)12-9-14-31(3)38-21-22-39-37-20-19-34-28-36(23-25-46(34,5)40(37)24-26-47(38,39)6)54-45(52)48-27-11-17-35-29-42(50)32(4)13-7-8-15-33-16-10-18-41(49)43(33)44(51)53-35;1-25(2)12-8-13-26(3)14-9-15-27(4)21-23-41-35(40)36-22-11-19-30-24-32(38)28(5)16-6-7-17-29-18-10-20-31(37)33(29)34(39)42-30/h7-8,10-11,16,18-19,27,30-32,35-40,42,49-50H,9,12-15,17,20-26,28-29H2,1-6H3,(H,48,52);6-7,10-12,14,18,20-22,28,30,32,37-38H,8-9,13,15-17,19,23-24H2,1-5H3,(H,36,40)/b8-7+,27-11+;7-6+,22-11+,26-14+,27-21+/t31-,32+,35+,36?,37?,38-,39?,40?,42-,46+,47-;28-,30-,32+/m10/s1. The Morgan fingerprint density at radius 3 is 1.81 bits per heavy atom. The van der Waals surface area contributed by atoms with E-state index in [0.717, 1.165) is 86.0 Å². The van der Waals surface area contributed by atoms with E-state index >= 15 is 0 Å². The number of amides is 2. The Balaban J connectivity index is 0.000000281. The molecule has 96 heavy (non-hydrogen) atoms. The quantitative estimate of drug-likeness (QED) is 0.0416. The van der Waals surface area contributed by atoms with Crippen molar-refractivity contribution >= 4 is 24.1 Å². The van der Waals surface area contributed by atoms with Crippen LogP contribution in [-0.2, 0) is 31.8 Å². The second-order valence-corrected chi connectivity index (χ2v) is 30.2. The van der Waals surface area contributed by atoms with Gasteiger partial charge >= 0.3 is 24.1 Å². The van der Waals surface area contributed by atoms with E-state index in [0.29, 0.717) is 48.6 Å². The fourth-order valence-corrected chi connectivity index (χ4v) is 16.4. The molecular weight excluding hydrogens is 1200 g/mol. The van der Waals surface area contributed by atoms with Crippen molar-refractivity contribution in [3.8, 4) is 11.5 Å². The fourth-order valence-electron chi connectivity index (χ4n) is 16.4. The highest BCUT2D eigenvalue weighted by atomic mass is 16.6. The molecule has 4 aliphatic carbocycles. The van der Waals surface area contributed by atoms with Crippen LogP contribution in [0, 0.1) is 58.2 Å². The number of hydrogen-bond donors (Lipinski definition) is 6. The van der Waals surface area contributed by atoms with Crippen LogP contribution >= 0.6 is 0 Å². The van der Waals surface area contributed by atoms with E-state index in [-0.39, 0.29) is 71.9 Å². The van der Waals surface area contributed by atoms with Crippen LogP contribution in [-0.4, -0.2) is 81.7 Å². The number of fused-ring (bicyclic) bond motifs is 7. The average molecular weight is 1320 g/mol. The van der Waals surface area contributed by atoms with Gasteiger partial charge in [-0.3, -0.25) is 10.6 Å². The number of allylic oxidation sites excluding steroid dienone is 10. The van der Waals surface area contributed by atoms with Crippen LogP contribution in [0.1, 0.15) is 243 Å². The molecule has 2 aliphatic heterocycles. The van der Waals surface area contributed by atoms with Gasteiger partial charge in [-0.1, -0.05) is 169 Å². The normalized spacial score (nSPS) is 29.8. The lowest BCUT2D eigenvalue weighted by atomic mass is 9.47. The second-order valence-electron chi connectivity index (χ2n) is 30.2. The Bertz CT molecular complexity index is 3140. The van der Waals surface area contributed by atoms with Crippen molar-refractivity contribution in [1.29, 1.82) is 0 Å². The average Bonchev–Trinajstić information content (AvgIpc) is 1.40. The highest BCUT2D eigenvalue weighted by Crippen LogP contribution is 2.67. The molecule has 0 spiro atoms. The minimum absolute atomic E-state index is 0.0171. The lowest BCUT2D eigenvalue weighted by Crippen LogP contribution is -2.51. The number of carbonyl (C=O) groups excluding carboxylic acids is 4. The smallest absolute Gasteiger partial charge is 0.411 e. The highest BCUT2D eigenvalue weighted by molar-refractivity contribution is 5.95. The van der Waals surface area contributed by atoms with Gasteiger partial charge in [-0.15, -0.1) is 0 Å². The van der Waals surface area contributed by atoms with Crippen molar-refractivity contribution in [3.63, 3.8) is 0 Å². The molecule has 0 radical (unpaired) electrons. The minimum Gasteiger partial charge on any atom is -0.507 e. The first-order valence-electron chi connectivity index (χ1n) is 36.4. The number of rotatable bonds is 20. The van der Waals surface area contributed by atoms with Crippen LogP contribution in [0.4, 0.5) is 9.59 Å². The number of hydrogen-bond acceptors (Lipinski definition) is 12. The topological polar surface area (TPSA) is 210 Å². The summed E-state index contributed by atoms with van der Waals surface area (Å²) in [6.07, 6.45) is 40.4. The summed E-state index contributed by atoms with van der Waals surface area (Å²) in [4.78, 5) is 51.4. The number of cyclic esters (lactones) is 2. The molecule has 2 amide bonds. The zero-order chi connectivity index (χ0) is 69.5. The summed E-state index contributed by atoms with van der Waals surface area (Å²) in [5, 5.41) is 47.8. The number of phenols is 2. The maximum atomic E-state index is 13.2. The van der Waals surface area contributed by atoms with E-state index < -0.39 is 48.5 Å². The number of aliphatic hydroxyl groups excluding tert-OH is 2. The van der Waals surface area contributed by atoms with Crippen LogP contribution in [0.25, 0.3) is 0 Å². The van der Waals surface area contributed by atoms with Gasteiger partial charge in [0.25, 0.3) is 0 Å². The van der Waals surface area contributed by atoms with Crippen LogP contribution < -0.4 is 10.6 Å². The Morgan fingerprint density at radius 2 is 1.24 bits per heavy atom. The molecule has 6 N–H and O–H groups in total. The molecule has 14 heteroatoms. The number of aliphatic hydroxyl groups is 2. The van der Waals surface area contributed by atoms with Gasteiger partial charge in [0.1, 0.15) is 47.5 Å². The van der Waals surface area contributed by atoms with E-state index in [2.05, 4.69) is 84.3 Å². The summed E-state index contributed by atoms with van der Waals surface area (Å²) >= 11 is 0. The molecule has 0 bridgehead atoms. The maximum Gasteiger partial charge on any atom is 0.411 e. The second kappa shape index (κ2) is 37.4. The number of alkyl carbamates (subject to hydrolysis) is 2. The SMILES string of the molecule is CC(C)=CCC/C(C)=C/CC/C(C)=C/COC(=O)N/C=C/C[C@H]1C[C@@H](O)[C@@H](C)C/C=C/Cc2cccc(O)c2C(=O)O1.CC(C)CCC[C@@H](C)[C@H]1CCC2C3CC=C4CC(OC(=O)N/C=C/C[C@H]5C[C@@H](O)[C@@H](C)C/C=C/Cc6cccc(O)c6C(=O)O5)CC[C@]4(C)C3CC[C@@]21C. The summed E-state index contributed by atoms with van der Waals surface area (Å²) in [6, 6.07) is 9.96. The van der Waals surface area contributed by atoms with E-state index in [1.165, 1.54) is 86.4 Å². The van der Waals surface area contributed by atoms with E-state index in [1.807, 2.05) is 57.2 Å². The first kappa shape index (κ1) is 76.7. The number of aromatic hydroxyl groups is 2. The molecule has 0 aromatic heterocycles. The van der Waals surface area contributed by atoms with Crippen molar-refractivity contribution < 1.29 is 58.6 Å². The van der Waals surface area contributed by atoms with Gasteiger partial charge in [-0.25, -0.2) is 19.2 Å². The third-order valence-electron chi connectivity index (χ3n) is 22.3.